The lowest BCUT2D eigenvalue weighted by Gasteiger charge is -2.22. The van der Waals surface area contributed by atoms with Crippen LogP contribution in [0.3, 0.4) is 0 Å². The van der Waals surface area contributed by atoms with Crippen LogP contribution in [0, 0.1) is 6.92 Å². The molecule has 0 saturated heterocycles. The number of benzene rings is 1. The van der Waals surface area contributed by atoms with E-state index in [2.05, 4.69) is 10.1 Å². The Bertz CT molecular complexity index is 548. The van der Waals surface area contributed by atoms with Crippen LogP contribution in [0.1, 0.15) is 31.9 Å². The van der Waals surface area contributed by atoms with Gasteiger partial charge in [0.1, 0.15) is 17.4 Å². The van der Waals surface area contributed by atoms with Gasteiger partial charge in [0.25, 0.3) is 0 Å². The summed E-state index contributed by atoms with van der Waals surface area (Å²) in [6.07, 6.45) is -0.604. The van der Waals surface area contributed by atoms with Crippen molar-refractivity contribution in [3.63, 3.8) is 0 Å². The molecular formula is C16H23NO5. The van der Waals surface area contributed by atoms with Gasteiger partial charge in [0, 0.05) is 6.42 Å². The van der Waals surface area contributed by atoms with E-state index < -0.39 is 23.7 Å². The van der Waals surface area contributed by atoms with Crippen molar-refractivity contribution < 1.29 is 24.2 Å². The van der Waals surface area contributed by atoms with Crippen LogP contribution in [0.15, 0.2) is 18.2 Å². The minimum Gasteiger partial charge on any atom is -0.508 e. The molecule has 0 unspecified atom stereocenters. The second kappa shape index (κ2) is 7.15. The third-order valence-electron chi connectivity index (χ3n) is 2.84. The lowest BCUT2D eigenvalue weighted by Crippen LogP contribution is -2.45. The van der Waals surface area contributed by atoms with Crippen LogP contribution in [-0.4, -0.2) is 35.9 Å². The standard InChI is InChI=1S/C16H23NO5/c1-10-6-7-11(13(18)8-10)9-12(14(19)21-5)17-15(20)22-16(2,3)4/h6-8,12,18H,9H2,1-5H3,(H,17,20)/t12-/m0/s1. The number of phenolic OH excluding ortho intramolecular Hbond substituents is 1. The summed E-state index contributed by atoms with van der Waals surface area (Å²) in [7, 11) is 1.24. The lowest BCUT2D eigenvalue weighted by atomic mass is 10.0. The fourth-order valence-corrected chi connectivity index (χ4v) is 1.85. The molecule has 1 rings (SSSR count). The Balaban J connectivity index is 2.85. The zero-order chi connectivity index (χ0) is 16.9. The van der Waals surface area contributed by atoms with Crippen LogP contribution in [0.25, 0.3) is 0 Å². The number of nitrogens with one attached hydrogen (secondary N) is 1. The molecule has 22 heavy (non-hydrogen) atoms. The average Bonchev–Trinajstić information content (AvgIpc) is 2.37. The first-order valence-electron chi connectivity index (χ1n) is 6.98. The molecule has 1 aromatic carbocycles. The summed E-state index contributed by atoms with van der Waals surface area (Å²) >= 11 is 0. The van der Waals surface area contributed by atoms with Crippen LogP contribution >= 0.6 is 0 Å². The van der Waals surface area contributed by atoms with Crippen LogP contribution in [0.5, 0.6) is 5.75 Å². The van der Waals surface area contributed by atoms with Crippen LogP contribution in [-0.2, 0) is 20.7 Å². The minimum atomic E-state index is -0.937. The van der Waals surface area contributed by atoms with Crippen molar-refractivity contribution in [1.29, 1.82) is 0 Å². The molecule has 1 aromatic rings. The van der Waals surface area contributed by atoms with E-state index in [-0.39, 0.29) is 12.2 Å². The summed E-state index contributed by atoms with van der Waals surface area (Å²) in [6, 6.07) is 4.18. The first-order chi connectivity index (χ1) is 10.1. The Morgan fingerprint density at radius 1 is 1.32 bits per heavy atom. The highest BCUT2D eigenvalue weighted by atomic mass is 16.6. The molecule has 6 nitrogen and oxygen atoms in total. The third-order valence-corrected chi connectivity index (χ3v) is 2.84. The maximum atomic E-state index is 11.8. The number of carbonyl (C=O) groups is 2. The number of amides is 1. The van der Waals surface area contributed by atoms with Gasteiger partial charge in [0.05, 0.1) is 7.11 Å². The zero-order valence-corrected chi connectivity index (χ0v) is 13.6. The second-order valence-electron chi connectivity index (χ2n) is 6.06. The smallest absolute Gasteiger partial charge is 0.408 e. The first kappa shape index (κ1) is 17.8. The molecule has 0 bridgehead atoms. The number of alkyl carbamates (subject to hydrolysis) is 1. The van der Waals surface area contributed by atoms with Crippen molar-refractivity contribution >= 4 is 12.1 Å². The molecule has 0 saturated carbocycles. The molecular weight excluding hydrogens is 286 g/mol. The molecule has 122 valence electrons. The number of phenols is 1. The average molecular weight is 309 g/mol. The summed E-state index contributed by atoms with van der Waals surface area (Å²) in [5, 5.41) is 12.4. The first-order valence-corrected chi connectivity index (χ1v) is 6.98. The van der Waals surface area contributed by atoms with Gasteiger partial charge in [-0.15, -0.1) is 0 Å². The molecule has 6 heteroatoms. The maximum Gasteiger partial charge on any atom is 0.408 e. The highest BCUT2D eigenvalue weighted by molar-refractivity contribution is 5.81. The summed E-state index contributed by atoms with van der Waals surface area (Å²) in [5.41, 5.74) is 0.768. The monoisotopic (exact) mass is 309 g/mol. The Morgan fingerprint density at radius 3 is 2.45 bits per heavy atom. The molecule has 2 N–H and O–H groups in total. The van der Waals surface area contributed by atoms with Crippen molar-refractivity contribution in [2.24, 2.45) is 0 Å². The topological polar surface area (TPSA) is 84.9 Å². The quantitative estimate of drug-likeness (QED) is 0.834. The number of hydrogen-bond donors (Lipinski definition) is 2. The Hall–Kier alpha value is -2.24. The molecule has 1 amide bonds. The summed E-state index contributed by atoms with van der Waals surface area (Å²) < 4.78 is 9.82. The van der Waals surface area contributed by atoms with Gasteiger partial charge >= 0.3 is 12.1 Å². The van der Waals surface area contributed by atoms with Gasteiger partial charge in [-0.05, 0) is 44.9 Å². The predicted molar refractivity (Wildman–Crippen MR) is 81.7 cm³/mol. The number of ether oxygens (including phenoxy) is 2. The van der Waals surface area contributed by atoms with E-state index in [0.717, 1.165) is 5.56 Å². The molecule has 0 fully saturated rings. The van der Waals surface area contributed by atoms with Crippen molar-refractivity contribution in [3.05, 3.63) is 29.3 Å². The van der Waals surface area contributed by atoms with E-state index in [1.165, 1.54) is 7.11 Å². The minimum absolute atomic E-state index is 0.0693. The largest absolute Gasteiger partial charge is 0.508 e. The third kappa shape index (κ3) is 5.63. The Labute approximate surface area is 130 Å². The Morgan fingerprint density at radius 2 is 1.95 bits per heavy atom. The van der Waals surface area contributed by atoms with Gasteiger partial charge in [0.15, 0.2) is 0 Å². The number of esters is 1. The van der Waals surface area contributed by atoms with Gasteiger partial charge in [-0.2, -0.15) is 0 Å². The van der Waals surface area contributed by atoms with Crippen molar-refractivity contribution in [1.82, 2.24) is 5.32 Å². The van der Waals surface area contributed by atoms with E-state index in [1.807, 2.05) is 13.0 Å². The van der Waals surface area contributed by atoms with Crippen molar-refractivity contribution in [2.45, 2.75) is 45.8 Å². The van der Waals surface area contributed by atoms with Gasteiger partial charge < -0.3 is 19.9 Å². The molecule has 0 aliphatic carbocycles. The number of hydrogen-bond acceptors (Lipinski definition) is 5. The van der Waals surface area contributed by atoms with Crippen LogP contribution < -0.4 is 5.32 Å². The highest BCUT2D eigenvalue weighted by Crippen LogP contribution is 2.20. The van der Waals surface area contributed by atoms with Crippen LogP contribution in [0.4, 0.5) is 4.79 Å². The second-order valence-corrected chi connectivity index (χ2v) is 6.06. The number of aryl methyl sites for hydroxylation is 1. The fraction of sp³-hybridized carbons (Fsp3) is 0.500. The molecule has 1 atom stereocenters. The summed E-state index contributed by atoms with van der Waals surface area (Å²) in [6.45, 7) is 7.03. The van der Waals surface area contributed by atoms with E-state index in [4.69, 9.17) is 4.74 Å². The van der Waals surface area contributed by atoms with Gasteiger partial charge in [-0.1, -0.05) is 12.1 Å². The number of rotatable bonds is 4. The Kier molecular flexibility index (Phi) is 5.79. The van der Waals surface area contributed by atoms with Gasteiger partial charge in [-0.3, -0.25) is 0 Å². The fourth-order valence-electron chi connectivity index (χ4n) is 1.85. The van der Waals surface area contributed by atoms with Crippen LogP contribution in [0.2, 0.25) is 0 Å². The van der Waals surface area contributed by atoms with Crippen molar-refractivity contribution in [3.8, 4) is 5.75 Å². The van der Waals surface area contributed by atoms with Gasteiger partial charge in [-0.25, -0.2) is 9.59 Å². The highest BCUT2D eigenvalue weighted by Gasteiger charge is 2.26. The van der Waals surface area contributed by atoms with E-state index >= 15 is 0 Å². The number of carbonyl (C=O) groups excluding carboxylic acids is 2. The number of methoxy groups -OCH3 is 1. The zero-order valence-electron chi connectivity index (χ0n) is 13.6. The normalized spacial score (nSPS) is 12.4. The van der Waals surface area contributed by atoms with Gasteiger partial charge in [0.2, 0.25) is 0 Å². The molecule has 0 aromatic heterocycles. The summed E-state index contributed by atoms with van der Waals surface area (Å²) in [4.78, 5) is 23.6. The van der Waals surface area contributed by atoms with Crippen molar-refractivity contribution in [2.75, 3.05) is 7.11 Å². The molecule has 0 heterocycles. The molecule has 0 spiro atoms. The SMILES string of the molecule is COC(=O)[C@H](Cc1ccc(C)cc1O)NC(=O)OC(C)(C)C. The summed E-state index contributed by atoms with van der Waals surface area (Å²) in [5.74, 6) is -0.536. The number of aromatic hydroxyl groups is 1. The van der Waals surface area contributed by atoms with E-state index in [1.54, 1.807) is 32.9 Å². The molecule has 0 aliphatic heterocycles. The molecule has 0 radical (unpaired) electrons. The lowest BCUT2D eigenvalue weighted by molar-refractivity contribution is -0.143. The predicted octanol–water partition coefficient (Wildman–Crippen LogP) is 2.31. The molecule has 0 aliphatic rings. The van der Waals surface area contributed by atoms with E-state index in [0.29, 0.717) is 5.56 Å². The maximum absolute atomic E-state index is 11.8. The van der Waals surface area contributed by atoms with E-state index in [9.17, 15) is 14.7 Å².